The second-order valence-corrected chi connectivity index (χ2v) is 10.3. The molecule has 34 heavy (non-hydrogen) atoms. The van der Waals surface area contributed by atoms with E-state index in [0.717, 1.165) is 44.6 Å². The Hall–Kier alpha value is -2.67. The average Bonchev–Trinajstić information content (AvgIpc) is 3.27. The van der Waals surface area contributed by atoms with Crippen LogP contribution < -0.4 is 5.32 Å². The van der Waals surface area contributed by atoms with Crippen LogP contribution in [0.25, 0.3) is 0 Å². The molecule has 7 heteroatoms. The predicted octanol–water partition coefficient (Wildman–Crippen LogP) is 3.53. The van der Waals surface area contributed by atoms with Gasteiger partial charge < -0.3 is 14.8 Å². The predicted molar refractivity (Wildman–Crippen MR) is 131 cm³/mol. The van der Waals surface area contributed by atoms with E-state index in [-0.39, 0.29) is 17.9 Å². The van der Waals surface area contributed by atoms with Gasteiger partial charge in [0.2, 0.25) is 11.8 Å². The lowest BCUT2D eigenvalue weighted by molar-refractivity contribution is -0.129. The van der Waals surface area contributed by atoms with Crippen LogP contribution in [-0.2, 0) is 22.6 Å². The average molecular weight is 464 g/mol. The van der Waals surface area contributed by atoms with Crippen molar-refractivity contribution in [2.45, 2.75) is 90.0 Å². The summed E-state index contributed by atoms with van der Waals surface area (Å²) in [5, 5.41) is 3.16. The summed E-state index contributed by atoms with van der Waals surface area (Å²) in [4.78, 5) is 33.4. The minimum atomic E-state index is 0.0236. The van der Waals surface area contributed by atoms with Crippen molar-refractivity contribution >= 4 is 11.8 Å². The molecule has 2 saturated heterocycles. The number of rotatable bonds is 6. The number of fused-ring (bicyclic) bond motifs is 3. The fraction of sp³-hybridized carbons (Fsp3) is 0.593. The molecule has 0 radical (unpaired) electrons. The summed E-state index contributed by atoms with van der Waals surface area (Å²) in [5.41, 5.74) is 3.62. The number of carbonyl (C=O) groups excluding carboxylic acids is 2. The second-order valence-electron chi connectivity index (χ2n) is 10.3. The summed E-state index contributed by atoms with van der Waals surface area (Å²) in [6.07, 6.45) is 6.54. The van der Waals surface area contributed by atoms with Crippen molar-refractivity contribution in [2.24, 2.45) is 0 Å². The van der Waals surface area contributed by atoms with Crippen LogP contribution in [0.2, 0.25) is 0 Å². The summed E-state index contributed by atoms with van der Waals surface area (Å²) in [5.74, 6) is 1.27. The molecule has 2 unspecified atom stereocenters. The zero-order chi connectivity index (χ0) is 23.8. The molecule has 2 fully saturated rings. The lowest BCUT2D eigenvalue weighted by Crippen LogP contribution is -2.45. The maximum absolute atomic E-state index is 12.0. The monoisotopic (exact) mass is 463 g/mol. The fourth-order valence-corrected chi connectivity index (χ4v) is 6.62. The third-order valence-corrected chi connectivity index (χ3v) is 8.15. The van der Waals surface area contributed by atoms with E-state index >= 15 is 0 Å². The van der Waals surface area contributed by atoms with Crippen molar-refractivity contribution in [3.05, 3.63) is 53.1 Å². The van der Waals surface area contributed by atoms with Crippen LogP contribution in [0.15, 0.2) is 30.3 Å². The summed E-state index contributed by atoms with van der Waals surface area (Å²) in [6.45, 7) is 7.87. The van der Waals surface area contributed by atoms with Crippen molar-refractivity contribution in [3.63, 3.8) is 0 Å². The molecule has 4 heterocycles. The molecule has 2 amide bonds. The Morgan fingerprint density at radius 3 is 2.44 bits per heavy atom. The molecule has 5 rings (SSSR count). The van der Waals surface area contributed by atoms with Crippen LogP contribution >= 0.6 is 0 Å². The van der Waals surface area contributed by atoms with Crippen LogP contribution in [0.5, 0.6) is 0 Å². The molecule has 3 atom stereocenters. The molecule has 3 aliphatic rings. The third kappa shape index (κ3) is 4.50. The number of aryl methyl sites for hydroxylation is 1. The molecule has 7 nitrogen and oxygen atoms in total. The van der Waals surface area contributed by atoms with E-state index in [0.29, 0.717) is 24.7 Å². The second kappa shape index (κ2) is 9.53. The number of benzene rings is 1. The zero-order valence-corrected chi connectivity index (χ0v) is 20.7. The molecule has 182 valence electrons. The quantitative estimate of drug-likeness (QED) is 0.712. The summed E-state index contributed by atoms with van der Waals surface area (Å²) in [7, 11) is 0. The Morgan fingerprint density at radius 1 is 1.09 bits per heavy atom. The molecule has 0 aliphatic carbocycles. The first-order valence-corrected chi connectivity index (χ1v) is 12.8. The molecule has 0 saturated carbocycles. The van der Waals surface area contributed by atoms with E-state index in [9.17, 15) is 9.59 Å². The standard InChI is InChI=1S/C27H37N5O2/c1-18-28-26-11-13-30(20(3)34)17-27(26)32(18)24-15-22-9-10-23(16-24)31(22)14-12-25(29-19(2)33)21-7-5-4-6-8-21/h4-8,22-25H,9-17H2,1-3H3,(H,29,33)/t22?,23?,24?,25-/m0/s1. The van der Waals surface area contributed by atoms with Crippen LogP contribution in [0.4, 0.5) is 0 Å². The van der Waals surface area contributed by atoms with Crippen LogP contribution in [0.3, 0.4) is 0 Å². The Labute approximate surface area is 202 Å². The summed E-state index contributed by atoms with van der Waals surface area (Å²) < 4.78 is 2.47. The van der Waals surface area contributed by atoms with Gasteiger partial charge in [0.05, 0.1) is 24.0 Å². The van der Waals surface area contributed by atoms with Crippen molar-refractivity contribution < 1.29 is 9.59 Å². The number of aromatic nitrogens is 2. The molecule has 3 aliphatic heterocycles. The molecule has 2 aromatic rings. The largest absolute Gasteiger partial charge is 0.349 e. The minimum Gasteiger partial charge on any atom is -0.349 e. The summed E-state index contributed by atoms with van der Waals surface area (Å²) in [6, 6.07) is 12.0. The first-order valence-electron chi connectivity index (χ1n) is 12.8. The first kappa shape index (κ1) is 23.1. The van der Waals surface area contributed by atoms with Gasteiger partial charge in [-0.05, 0) is 44.6 Å². The number of nitrogens with one attached hydrogen (secondary N) is 1. The third-order valence-electron chi connectivity index (χ3n) is 8.15. The Kier molecular flexibility index (Phi) is 6.47. The number of piperidine rings is 1. The van der Waals surface area contributed by atoms with Crippen molar-refractivity contribution in [1.82, 2.24) is 24.7 Å². The smallest absolute Gasteiger partial charge is 0.219 e. The molecular formula is C27H37N5O2. The molecule has 2 bridgehead atoms. The number of hydrogen-bond donors (Lipinski definition) is 1. The highest BCUT2D eigenvalue weighted by atomic mass is 16.2. The van der Waals surface area contributed by atoms with Gasteiger partial charge >= 0.3 is 0 Å². The Bertz CT molecular complexity index is 1030. The van der Waals surface area contributed by atoms with Crippen molar-refractivity contribution in [2.75, 3.05) is 13.1 Å². The van der Waals surface area contributed by atoms with Crippen molar-refractivity contribution in [3.8, 4) is 0 Å². The van der Waals surface area contributed by atoms with Gasteiger partial charge in [0, 0.05) is 51.5 Å². The van der Waals surface area contributed by atoms with Crippen LogP contribution in [-0.4, -0.2) is 56.3 Å². The van der Waals surface area contributed by atoms with Gasteiger partial charge in [0.1, 0.15) is 5.82 Å². The van der Waals surface area contributed by atoms with Gasteiger partial charge in [0.15, 0.2) is 0 Å². The number of imidazole rings is 1. The van der Waals surface area contributed by atoms with E-state index in [2.05, 4.69) is 33.8 Å². The Balaban J connectivity index is 1.28. The van der Waals surface area contributed by atoms with E-state index in [1.54, 1.807) is 13.8 Å². The summed E-state index contributed by atoms with van der Waals surface area (Å²) >= 11 is 0. The Morgan fingerprint density at radius 2 is 1.79 bits per heavy atom. The maximum atomic E-state index is 12.0. The number of amides is 2. The maximum Gasteiger partial charge on any atom is 0.219 e. The van der Waals surface area contributed by atoms with Gasteiger partial charge in [0.25, 0.3) is 0 Å². The molecule has 0 spiro atoms. The van der Waals surface area contributed by atoms with Gasteiger partial charge in [-0.25, -0.2) is 4.98 Å². The van der Waals surface area contributed by atoms with Gasteiger partial charge in [-0.3, -0.25) is 14.5 Å². The van der Waals surface area contributed by atoms with Gasteiger partial charge in [-0.15, -0.1) is 0 Å². The minimum absolute atomic E-state index is 0.0236. The van der Waals surface area contributed by atoms with Gasteiger partial charge in [-0.2, -0.15) is 0 Å². The SMILES string of the molecule is CC(=O)N[C@@H](CCN1C2CCC1CC(n1c(C)nc3c1CN(C(C)=O)CC3)C2)c1ccccc1. The molecule has 1 aromatic carbocycles. The topological polar surface area (TPSA) is 70.5 Å². The highest BCUT2D eigenvalue weighted by Crippen LogP contribution is 2.43. The zero-order valence-electron chi connectivity index (χ0n) is 20.7. The van der Waals surface area contributed by atoms with E-state index < -0.39 is 0 Å². The van der Waals surface area contributed by atoms with E-state index in [1.165, 1.54) is 29.8 Å². The molecule has 1 N–H and O–H groups in total. The lowest BCUT2D eigenvalue weighted by Gasteiger charge is -2.41. The highest BCUT2D eigenvalue weighted by Gasteiger charge is 2.42. The molecule has 1 aromatic heterocycles. The lowest BCUT2D eigenvalue weighted by atomic mass is 9.95. The van der Waals surface area contributed by atoms with Crippen LogP contribution in [0, 0.1) is 6.92 Å². The van der Waals surface area contributed by atoms with Crippen LogP contribution in [0.1, 0.15) is 80.8 Å². The molecular weight excluding hydrogens is 426 g/mol. The van der Waals surface area contributed by atoms with E-state index in [4.69, 9.17) is 4.98 Å². The normalized spacial score (nSPS) is 25.1. The number of hydrogen-bond acceptors (Lipinski definition) is 4. The fourth-order valence-electron chi connectivity index (χ4n) is 6.62. The van der Waals surface area contributed by atoms with E-state index in [1.807, 2.05) is 23.1 Å². The number of carbonyl (C=O) groups is 2. The van der Waals surface area contributed by atoms with Crippen molar-refractivity contribution in [1.29, 1.82) is 0 Å². The van der Waals surface area contributed by atoms with Gasteiger partial charge in [-0.1, -0.05) is 30.3 Å². The highest BCUT2D eigenvalue weighted by molar-refractivity contribution is 5.73. The first-order chi connectivity index (χ1) is 16.4. The number of nitrogens with zero attached hydrogens (tertiary/aromatic N) is 4.